The van der Waals surface area contributed by atoms with E-state index in [0.29, 0.717) is 48.7 Å². The summed E-state index contributed by atoms with van der Waals surface area (Å²) in [5, 5.41) is 8.17. The van der Waals surface area contributed by atoms with E-state index in [4.69, 9.17) is 13.9 Å². The highest BCUT2D eigenvalue weighted by Gasteiger charge is 2.30. The number of ether oxygens (including phenoxy) is 2. The van der Waals surface area contributed by atoms with Crippen LogP contribution in [-0.4, -0.2) is 54.4 Å². The summed E-state index contributed by atoms with van der Waals surface area (Å²) in [6.07, 6.45) is 0. The number of methoxy groups -OCH3 is 1. The number of carbonyl (C=O) groups is 1. The molecule has 0 N–H and O–H groups in total. The Morgan fingerprint density at radius 1 is 1.07 bits per heavy atom. The molecule has 0 saturated carbocycles. The minimum absolute atomic E-state index is 0.0153. The van der Waals surface area contributed by atoms with Crippen LogP contribution in [0.4, 0.5) is 0 Å². The van der Waals surface area contributed by atoms with Gasteiger partial charge in [0, 0.05) is 13.1 Å². The van der Waals surface area contributed by atoms with Crippen molar-refractivity contribution in [2.24, 2.45) is 0 Å². The maximum Gasteiger partial charge on any atom is 0.277 e. The van der Waals surface area contributed by atoms with Crippen molar-refractivity contribution in [3.05, 3.63) is 60.2 Å². The van der Waals surface area contributed by atoms with E-state index in [2.05, 4.69) is 10.2 Å². The minimum atomic E-state index is -0.472. The quantitative estimate of drug-likeness (QED) is 0.575. The number of nitrogens with zero attached hydrogens (tertiary/aromatic N) is 3. The van der Waals surface area contributed by atoms with Crippen LogP contribution in [0.1, 0.15) is 10.8 Å². The van der Waals surface area contributed by atoms with Crippen LogP contribution < -0.4 is 4.74 Å². The molecule has 1 amide bonds. The zero-order valence-corrected chi connectivity index (χ0v) is 16.8. The van der Waals surface area contributed by atoms with Gasteiger partial charge in [0.15, 0.2) is 0 Å². The Balaban J connectivity index is 1.60. The summed E-state index contributed by atoms with van der Waals surface area (Å²) >= 11 is 1.26. The highest BCUT2D eigenvalue weighted by molar-refractivity contribution is 8.00. The lowest BCUT2D eigenvalue weighted by atomic mass is 10.1. The molecule has 0 aliphatic carbocycles. The van der Waals surface area contributed by atoms with Gasteiger partial charge in [0.05, 0.1) is 25.9 Å². The summed E-state index contributed by atoms with van der Waals surface area (Å²) in [5.41, 5.74) is 1.61. The van der Waals surface area contributed by atoms with Crippen LogP contribution in [-0.2, 0) is 9.53 Å². The lowest BCUT2D eigenvalue weighted by Crippen LogP contribution is -2.42. The van der Waals surface area contributed by atoms with E-state index in [1.807, 2.05) is 59.5 Å². The van der Waals surface area contributed by atoms with Crippen LogP contribution in [0.3, 0.4) is 0 Å². The van der Waals surface area contributed by atoms with Crippen molar-refractivity contribution in [1.29, 1.82) is 0 Å². The fraction of sp³-hybridized carbons (Fsp3) is 0.286. The Kier molecular flexibility index (Phi) is 6.12. The summed E-state index contributed by atoms with van der Waals surface area (Å²) in [7, 11) is 1.59. The maximum absolute atomic E-state index is 13.2. The summed E-state index contributed by atoms with van der Waals surface area (Å²) in [6.45, 7) is 2.27. The molecule has 1 aromatic heterocycles. The van der Waals surface area contributed by atoms with Crippen molar-refractivity contribution in [3.63, 3.8) is 0 Å². The van der Waals surface area contributed by atoms with E-state index >= 15 is 0 Å². The first-order valence-corrected chi connectivity index (χ1v) is 10.2. The fourth-order valence-electron chi connectivity index (χ4n) is 3.13. The molecule has 1 unspecified atom stereocenters. The third-order valence-electron chi connectivity index (χ3n) is 4.61. The maximum atomic E-state index is 13.2. The normalized spacial score (nSPS) is 15.1. The van der Waals surface area contributed by atoms with E-state index in [1.54, 1.807) is 7.11 Å². The monoisotopic (exact) mass is 411 g/mol. The van der Waals surface area contributed by atoms with Gasteiger partial charge >= 0.3 is 0 Å². The number of rotatable bonds is 6. The second-order valence-corrected chi connectivity index (χ2v) is 7.48. The number of hydrogen-bond donors (Lipinski definition) is 0. The van der Waals surface area contributed by atoms with E-state index in [0.717, 1.165) is 5.56 Å². The van der Waals surface area contributed by atoms with Crippen molar-refractivity contribution in [1.82, 2.24) is 15.1 Å². The number of aromatic nitrogens is 2. The molecular weight excluding hydrogens is 390 g/mol. The minimum Gasteiger partial charge on any atom is -0.496 e. The Morgan fingerprint density at radius 2 is 1.79 bits per heavy atom. The van der Waals surface area contributed by atoms with Gasteiger partial charge in [-0.15, -0.1) is 10.2 Å². The van der Waals surface area contributed by atoms with E-state index < -0.39 is 5.25 Å². The molecule has 4 rings (SSSR count). The Morgan fingerprint density at radius 3 is 2.55 bits per heavy atom. The van der Waals surface area contributed by atoms with Gasteiger partial charge in [0.1, 0.15) is 11.0 Å². The molecule has 150 valence electrons. The lowest BCUT2D eigenvalue weighted by molar-refractivity contribution is -0.134. The van der Waals surface area contributed by atoms with Gasteiger partial charge in [-0.25, -0.2) is 0 Å². The first-order chi connectivity index (χ1) is 14.3. The smallest absolute Gasteiger partial charge is 0.277 e. The third-order valence-corrected chi connectivity index (χ3v) is 5.69. The zero-order valence-electron chi connectivity index (χ0n) is 16.0. The molecule has 1 fully saturated rings. The van der Waals surface area contributed by atoms with E-state index in [1.165, 1.54) is 11.8 Å². The second kappa shape index (κ2) is 9.11. The number of benzene rings is 2. The van der Waals surface area contributed by atoms with Gasteiger partial charge in [-0.05, 0) is 29.5 Å². The molecule has 1 aliphatic heterocycles. The van der Waals surface area contributed by atoms with Crippen molar-refractivity contribution in [2.75, 3.05) is 33.4 Å². The Bertz CT molecular complexity index is 957. The highest BCUT2D eigenvalue weighted by Crippen LogP contribution is 2.38. The molecule has 8 heteroatoms. The van der Waals surface area contributed by atoms with E-state index in [-0.39, 0.29) is 5.91 Å². The van der Waals surface area contributed by atoms with Gasteiger partial charge in [-0.3, -0.25) is 4.79 Å². The van der Waals surface area contributed by atoms with Crippen LogP contribution >= 0.6 is 11.8 Å². The van der Waals surface area contributed by atoms with Gasteiger partial charge in [-0.1, -0.05) is 42.5 Å². The molecule has 0 radical (unpaired) electrons. The summed E-state index contributed by atoms with van der Waals surface area (Å²) in [5.74, 6) is 1.02. The van der Waals surface area contributed by atoms with Crippen LogP contribution in [0.2, 0.25) is 0 Å². The predicted octanol–water partition coefficient (Wildman–Crippen LogP) is 3.44. The van der Waals surface area contributed by atoms with Crippen molar-refractivity contribution in [2.45, 2.75) is 10.5 Å². The van der Waals surface area contributed by atoms with E-state index in [9.17, 15) is 4.79 Å². The molecule has 3 aromatic rings. The molecule has 29 heavy (non-hydrogen) atoms. The van der Waals surface area contributed by atoms with Crippen LogP contribution in [0, 0.1) is 0 Å². The Hall–Kier alpha value is -2.84. The molecule has 1 atom stereocenters. The van der Waals surface area contributed by atoms with Crippen molar-refractivity contribution in [3.8, 4) is 17.2 Å². The number of carbonyl (C=O) groups excluding carboxylic acids is 1. The number of thioether (sulfide) groups is 1. The summed E-state index contributed by atoms with van der Waals surface area (Å²) in [6, 6.07) is 17.1. The van der Waals surface area contributed by atoms with Crippen molar-refractivity contribution >= 4 is 17.7 Å². The number of hydrogen-bond acceptors (Lipinski definition) is 7. The molecule has 7 nitrogen and oxygen atoms in total. The molecule has 1 saturated heterocycles. The molecule has 2 aromatic carbocycles. The first-order valence-electron chi connectivity index (χ1n) is 9.31. The third kappa shape index (κ3) is 4.44. The largest absolute Gasteiger partial charge is 0.496 e. The molecule has 1 aliphatic rings. The number of para-hydroxylation sites is 1. The average Bonchev–Trinajstić information content (AvgIpc) is 3.26. The zero-order chi connectivity index (χ0) is 20.1. The topological polar surface area (TPSA) is 77.7 Å². The average molecular weight is 411 g/mol. The molecular formula is C21H21N3O4S. The number of amides is 1. The van der Waals surface area contributed by atoms with Crippen LogP contribution in [0.15, 0.2) is 64.2 Å². The molecule has 0 spiro atoms. The highest BCUT2D eigenvalue weighted by atomic mass is 32.2. The summed E-state index contributed by atoms with van der Waals surface area (Å²) < 4.78 is 16.6. The first kappa shape index (κ1) is 19.5. The van der Waals surface area contributed by atoms with Gasteiger partial charge in [0.2, 0.25) is 5.91 Å². The van der Waals surface area contributed by atoms with Crippen molar-refractivity contribution < 1.29 is 18.7 Å². The lowest BCUT2D eigenvalue weighted by Gasteiger charge is -2.29. The number of morpholine rings is 1. The van der Waals surface area contributed by atoms with Gasteiger partial charge in [-0.2, -0.15) is 0 Å². The van der Waals surface area contributed by atoms with Crippen LogP contribution in [0.5, 0.6) is 5.75 Å². The molecule has 0 bridgehead atoms. The van der Waals surface area contributed by atoms with Crippen LogP contribution in [0.25, 0.3) is 11.5 Å². The standard InChI is InChI=1S/C21H21N3O4S/c1-26-17-10-6-5-9-16(17)19-22-23-21(28-19)29-18(15-7-3-2-4-8-15)20(25)24-11-13-27-14-12-24/h2-10,18H,11-14H2,1H3. The predicted molar refractivity (Wildman–Crippen MR) is 109 cm³/mol. The summed E-state index contributed by atoms with van der Waals surface area (Å²) in [4.78, 5) is 15.0. The SMILES string of the molecule is COc1ccccc1-c1nnc(SC(C(=O)N2CCOCC2)c2ccccc2)o1. The van der Waals surface area contributed by atoms with Gasteiger partial charge < -0.3 is 18.8 Å². The van der Waals surface area contributed by atoms with Gasteiger partial charge in [0.25, 0.3) is 11.1 Å². The second-order valence-electron chi connectivity index (χ2n) is 6.42. The fourth-order valence-corrected chi connectivity index (χ4v) is 4.09. The Labute approximate surface area is 173 Å². The molecule has 2 heterocycles.